The number of phenols is 1. The van der Waals surface area contributed by atoms with E-state index in [0.717, 1.165) is 30.7 Å². The topological polar surface area (TPSA) is 79.6 Å². The van der Waals surface area contributed by atoms with Crippen molar-refractivity contribution in [2.75, 3.05) is 26.2 Å². The zero-order chi connectivity index (χ0) is 26.3. The van der Waals surface area contributed by atoms with Crippen LogP contribution in [0.5, 0.6) is 11.5 Å². The molecule has 2 N–H and O–H groups in total. The SMILES string of the molecule is O=C(NCCCn1ccnc1)[C@@H]1C[C@H](COc2cccc(C(F)(F)F)c2)CN(Cc2ccc(O)cc2)C1. The van der Waals surface area contributed by atoms with Crippen molar-refractivity contribution in [2.45, 2.75) is 32.1 Å². The molecular weight excluding hydrogens is 485 g/mol. The van der Waals surface area contributed by atoms with Gasteiger partial charge in [-0.2, -0.15) is 13.2 Å². The maximum Gasteiger partial charge on any atom is 0.416 e. The fraction of sp³-hybridized carbons (Fsp3) is 0.407. The molecule has 0 saturated carbocycles. The standard InChI is InChI=1S/C27H31F3N4O3/c28-27(29,30)23-3-1-4-25(14-23)37-18-21-13-22(26(36)32-9-2-11-33-12-10-31-19-33)17-34(16-21)15-20-5-7-24(35)8-6-20/h1,3-8,10,12,14,19,21-22,35H,2,9,11,13,15-18H2,(H,32,36)/t21-,22+/m0/s1. The minimum absolute atomic E-state index is 0.0369. The maximum absolute atomic E-state index is 13.1. The number of benzene rings is 2. The molecule has 0 spiro atoms. The van der Waals surface area contributed by atoms with Crippen LogP contribution in [0.4, 0.5) is 13.2 Å². The minimum atomic E-state index is -4.44. The Morgan fingerprint density at radius 3 is 2.70 bits per heavy atom. The molecule has 10 heteroatoms. The van der Waals surface area contributed by atoms with E-state index in [2.05, 4.69) is 15.2 Å². The smallest absolute Gasteiger partial charge is 0.416 e. The molecule has 2 heterocycles. The third kappa shape index (κ3) is 7.98. The quantitative estimate of drug-likeness (QED) is 0.392. The zero-order valence-electron chi connectivity index (χ0n) is 20.4. The predicted molar refractivity (Wildman–Crippen MR) is 132 cm³/mol. The number of nitrogens with one attached hydrogen (secondary N) is 1. The van der Waals surface area contributed by atoms with Crippen LogP contribution in [0.3, 0.4) is 0 Å². The van der Waals surface area contributed by atoms with E-state index in [1.807, 2.05) is 22.9 Å². The number of phenolic OH excluding ortho intramolecular Hbond substituents is 1. The molecule has 2 atom stereocenters. The summed E-state index contributed by atoms with van der Waals surface area (Å²) in [6, 6.07) is 11.8. The van der Waals surface area contributed by atoms with Crippen LogP contribution in [0.1, 0.15) is 24.0 Å². The molecule has 0 aliphatic carbocycles. The summed E-state index contributed by atoms with van der Waals surface area (Å²) in [4.78, 5) is 19.2. The number of aromatic nitrogens is 2. The molecule has 1 amide bonds. The largest absolute Gasteiger partial charge is 0.508 e. The number of amides is 1. The highest BCUT2D eigenvalue weighted by molar-refractivity contribution is 5.79. The molecule has 0 bridgehead atoms. The van der Waals surface area contributed by atoms with E-state index in [4.69, 9.17) is 4.74 Å². The van der Waals surface area contributed by atoms with Crippen molar-refractivity contribution in [1.29, 1.82) is 0 Å². The number of aromatic hydroxyl groups is 1. The Hall–Kier alpha value is -3.53. The van der Waals surface area contributed by atoms with E-state index in [-0.39, 0.29) is 35.8 Å². The van der Waals surface area contributed by atoms with Gasteiger partial charge in [-0.1, -0.05) is 18.2 Å². The van der Waals surface area contributed by atoms with Crippen LogP contribution in [0.2, 0.25) is 0 Å². The van der Waals surface area contributed by atoms with Gasteiger partial charge in [-0.3, -0.25) is 9.69 Å². The van der Waals surface area contributed by atoms with Gasteiger partial charge in [-0.05, 0) is 48.7 Å². The number of carbonyl (C=O) groups is 1. The minimum Gasteiger partial charge on any atom is -0.508 e. The predicted octanol–water partition coefficient (Wildman–Crippen LogP) is 4.33. The highest BCUT2D eigenvalue weighted by atomic mass is 19.4. The third-order valence-electron chi connectivity index (χ3n) is 6.42. The Labute approximate surface area is 213 Å². The van der Waals surface area contributed by atoms with Crippen LogP contribution >= 0.6 is 0 Å². The molecule has 1 aromatic heterocycles. The molecule has 0 unspecified atom stereocenters. The molecule has 198 valence electrons. The van der Waals surface area contributed by atoms with Gasteiger partial charge in [-0.15, -0.1) is 0 Å². The molecule has 4 rings (SSSR count). The number of hydrogen-bond acceptors (Lipinski definition) is 5. The molecule has 1 aliphatic heterocycles. The number of halogens is 3. The second kappa shape index (κ2) is 12.1. The van der Waals surface area contributed by atoms with Gasteiger partial charge in [0.1, 0.15) is 11.5 Å². The fourth-order valence-electron chi connectivity index (χ4n) is 4.61. The molecule has 1 saturated heterocycles. The summed E-state index contributed by atoms with van der Waals surface area (Å²) in [5.74, 6) is -0.00452. The van der Waals surface area contributed by atoms with Gasteiger partial charge in [0.2, 0.25) is 5.91 Å². The lowest BCUT2D eigenvalue weighted by atomic mass is 9.88. The number of hydrogen-bond donors (Lipinski definition) is 2. The second-order valence-corrected chi connectivity index (χ2v) is 9.44. The number of nitrogens with zero attached hydrogens (tertiary/aromatic N) is 3. The third-order valence-corrected chi connectivity index (χ3v) is 6.42. The van der Waals surface area contributed by atoms with Crippen LogP contribution in [-0.4, -0.2) is 51.7 Å². The van der Waals surface area contributed by atoms with Crippen molar-refractivity contribution < 1.29 is 27.8 Å². The van der Waals surface area contributed by atoms with Crippen LogP contribution in [0.15, 0.2) is 67.3 Å². The number of carbonyl (C=O) groups excluding carboxylic acids is 1. The number of imidazole rings is 1. The molecule has 37 heavy (non-hydrogen) atoms. The monoisotopic (exact) mass is 516 g/mol. The second-order valence-electron chi connectivity index (χ2n) is 9.44. The number of likely N-dealkylation sites (tertiary alicyclic amines) is 1. The lowest BCUT2D eigenvalue weighted by Gasteiger charge is -2.37. The van der Waals surface area contributed by atoms with Crippen molar-refractivity contribution in [3.05, 3.63) is 78.4 Å². The van der Waals surface area contributed by atoms with Crippen molar-refractivity contribution in [2.24, 2.45) is 11.8 Å². The number of piperidine rings is 1. The molecule has 1 fully saturated rings. The molecule has 7 nitrogen and oxygen atoms in total. The summed E-state index contributed by atoms with van der Waals surface area (Å²) in [5.41, 5.74) is 0.243. The summed E-state index contributed by atoms with van der Waals surface area (Å²) in [5, 5.41) is 12.6. The van der Waals surface area contributed by atoms with E-state index in [9.17, 15) is 23.1 Å². The summed E-state index contributed by atoms with van der Waals surface area (Å²) in [7, 11) is 0. The van der Waals surface area contributed by atoms with E-state index in [1.165, 1.54) is 12.1 Å². The molecule has 0 radical (unpaired) electrons. The summed E-state index contributed by atoms with van der Waals surface area (Å²) in [6.45, 7) is 3.29. The van der Waals surface area contributed by atoms with E-state index >= 15 is 0 Å². The normalized spacial score (nSPS) is 18.5. The van der Waals surface area contributed by atoms with E-state index < -0.39 is 11.7 Å². The number of rotatable bonds is 10. The van der Waals surface area contributed by atoms with Gasteiger partial charge in [0.15, 0.2) is 0 Å². The van der Waals surface area contributed by atoms with Gasteiger partial charge in [0.05, 0.1) is 24.4 Å². The van der Waals surface area contributed by atoms with Crippen molar-refractivity contribution in [3.8, 4) is 11.5 Å². The van der Waals surface area contributed by atoms with Crippen LogP contribution in [-0.2, 0) is 24.1 Å². The van der Waals surface area contributed by atoms with Gasteiger partial charge in [-0.25, -0.2) is 4.98 Å². The van der Waals surface area contributed by atoms with Crippen molar-refractivity contribution in [3.63, 3.8) is 0 Å². The van der Waals surface area contributed by atoms with Gasteiger partial charge < -0.3 is 19.7 Å². The van der Waals surface area contributed by atoms with Crippen LogP contribution < -0.4 is 10.1 Å². The summed E-state index contributed by atoms with van der Waals surface area (Å²) >= 11 is 0. The first-order valence-corrected chi connectivity index (χ1v) is 12.3. The van der Waals surface area contributed by atoms with Gasteiger partial charge in [0.25, 0.3) is 0 Å². The Morgan fingerprint density at radius 1 is 1.16 bits per heavy atom. The van der Waals surface area contributed by atoms with Crippen LogP contribution in [0, 0.1) is 11.8 Å². The van der Waals surface area contributed by atoms with Crippen molar-refractivity contribution in [1.82, 2.24) is 19.8 Å². The molecular formula is C27H31F3N4O3. The molecule has 1 aliphatic rings. The Balaban J connectivity index is 1.37. The average Bonchev–Trinajstić information content (AvgIpc) is 3.40. The summed E-state index contributed by atoms with van der Waals surface area (Å²) < 4.78 is 46.9. The van der Waals surface area contributed by atoms with Gasteiger partial charge >= 0.3 is 6.18 Å². The first-order chi connectivity index (χ1) is 17.8. The average molecular weight is 517 g/mol. The number of ether oxygens (including phenoxy) is 1. The van der Waals surface area contributed by atoms with E-state index in [0.29, 0.717) is 32.6 Å². The maximum atomic E-state index is 13.1. The highest BCUT2D eigenvalue weighted by Gasteiger charge is 2.33. The summed E-state index contributed by atoms with van der Waals surface area (Å²) in [6.07, 6.45) is 2.24. The first-order valence-electron chi connectivity index (χ1n) is 12.3. The fourth-order valence-corrected chi connectivity index (χ4v) is 4.61. The number of alkyl halides is 3. The Morgan fingerprint density at radius 2 is 1.97 bits per heavy atom. The van der Waals surface area contributed by atoms with Crippen molar-refractivity contribution >= 4 is 5.91 Å². The zero-order valence-corrected chi connectivity index (χ0v) is 20.4. The van der Waals surface area contributed by atoms with E-state index in [1.54, 1.807) is 24.7 Å². The lowest BCUT2D eigenvalue weighted by Crippen LogP contribution is -2.47. The molecule has 3 aromatic rings. The highest BCUT2D eigenvalue weighted by Crippen LogP contribution is 2.32. The molecule has 2 aromatic carbocycles. The van der Waals surface area contributed by atoms with Gasteiger partial charge in [0, 0.05) is 51.0 Å². The lowest BCUT2D eigenvalue weighted by molar-refractivity contribution is -0.137. The first kappa shape index (κ1) is 26.5. The number of aryl methyl sites for hydroxylation is 1. The Bertz CT molecular complexity index is 1140. The Kier molecular flexibility index (Phi) is 8.70. The van der Waals surface area contributed by atoms with Crippen LogP contribution in [0.25, 0.3) is 0 Å².